The molecule has 10 amide bonds. The summed E-state index contributed by atoms with van der Waals surface area (Å²) in [5.41, 5.74) is 1.71. The van der Waals surface area contributed by atoms with Crippen LogP contribution in [0.4, 0.5) is 10.5 Å². The highest BCUT2D eigenvalue weighted by atomic mass is 16.7. The van der Waals surface area contributed by atoms with Crippen molar-refractivity contribution < 1.29 is 86.8 Å². The Morgan fingerprint density at radius 3 is 1.94 bits per heavy atom. The molecule has 7 N–H and O–H groups in total. The van der Waals surface area contributed by atoms with Crippen LogP contribution in [0, 0.1) is 35.0 Å². The summed E-state index contributed by atoms with van der Waals surface area (Å²) in [7, 11) is 6.06. The zero-order chi connectivity index (χ0) is 78.3. The molecule has 28 nitrogen and oxygen atoms in total. The zero-order valence-corrected chi connectivity index (χ0v) is 64.5. The fourth-order valence-corrected chi connectivity index (χ4v) is 13.8. The molecule has 0 spiro atoms. The number of Topliss-reactive ketones (excluding diaryl/α,β-unsaturated/α-hetero) is 1. The lowest BCUT2D eigenvalue weighted by Crippen LogP contribution is -2.60. The molecule has 12 atom stereocenters. The first-order valence-electron chi connectivity index (χ1n) is 36.8. The molecule has 2 aliphatic heterocycles. The fourth-order valence-electron chi connectivity index (χ4n) is 13.8. The topological polar surface area (TPSA) is 368 Å². The van der Waals surface area contributed by atoms with Crippen molar-refractivity contribution in [2.24, 2.45) is 40.0 Å². The summed E-state index contributed by atoms with van der Waals surface area (Å²) in [4.78, 5) is 176. The lowest BCUT2D eigenvalue weighted by molar-refractivity contribution is -0.197. The van der Waals surface area contributed by atoms with E-state index in [9.17, 15) is 67.7 Å². The maximum atomic E-state index is 14.9. The van der Waals surface area contributed by atoms with E-state index in [4.69, 9.17) is 19.0 Å². The van der Waals surface area contributed by atoms with Gasteiger partial charge in [-0.3, -0.25) is 57.8 Å². The van der Waals surface area contributed by atoms with Gasteiger partial charge in [0.2, 0.25) is 41.4 Å². The summed E-state index contributed by atoms with van der Waals surface area (Å²) < 4.78 is 17.8. The standard InChI is InChI=1S/C77H116N10O18/c1-18-47(8)68(58(102-16)40-62(93)86-39-25-29-55(86)70(103-17)48(9)71(96)79-50(11)69(95)52-26-20-19-21-27-52)84(14)75(100)66(45(4)5)83-74(99)67(46(6)7)85(15)76(101)104-43-51-32-34-53(35-33-51)80-72(97)54(28-22-23-38-78-49(10)64-56(88)41-77(12,13)42-57(64)89)81-73(98)65(44(2)3)82-59(90)30-24-31-63(94)105-87-60(91)36-37-61(87)92/h19-21,26-27,32-35,44-48,50,54-55,58,65-70,88,95H,18,22-25,28-31,36-43H2,1-17H3,(H,79,96)(H,80,97)(H,81,98)(H,82,90)(H,83,99)/t47-,48+,50+,54-,55-,58+,65-,66-,67-,68-,69+,70+/m1/s1. The largest absolute Gasteiger partial charge is 0.511 e. The van der Waals surface area contributed by atoms with E-state index in [1.54, 1.807) is 116 Å². The number of ether oxygens (including phenoxy) is 3. The number of likely N-dealkylation sites (N-methyl/N-ethyl adjacent to an activating group) is 2. The number of aliphatic hydroxyl groups excluding tert-OH is 2. The number of carbonyl (C=O) groups excluding carboxylic acids is 12. The van der Waals surface area contributed by atoms with Crippen LogP contribution in [0.15, 0.2) is 70.9 Å². The number of nitrogens with one attached hydrogen (secondary N) is 5. The number of anilines is 1. The van der Waals surface area contributed by atoms with Gasteiger partial charge in [0.25, 0.3) is 11.8 Å². The van der Waals surface area contributed by atoms with E-state index in [0.717, 1.165) is 0 Å². The summed E-state index contributed by atoms with van der Waals surface area (Å²) >= 11 is 0. The third-order valence-electron chi connectivity index (χ3n) is 20.0. The summed E-state index contributed by atoms with van der Waals surface area (Å²) in [5, 5.41) is 36.4. The normalized spacial score (nSPS) is 18.6. The monoisotopic (exact) mass is 1470 g/mol. The molecule has 2 heterocycles. The van der Waals surface area contributed by atoms with E-state index in [1.807, 2.05) is 45.9 Å². The number of imide groups is 1. The number of allylic oxidation sites excluding steroid dienone is 2. The van der Waals surface area contributed by atoms with Gasteiger partial charge in [-0.05, 0) is 105 Å². The SMILES string of the molecule is CC[C@@H](C)[C@H]([C@H](CC(=O)N1CCC[C@@H]1[C@@H](OC)[C@H](C)C(=O)N[C@@H](C)[C@H](O)c1ccccc1)OC)N(C)C(=O)[C@H](NC(=O)[C@@H](C(C)C)N(C)C(=O)OCc1ccc(NC(=O)[C@@H](CCCCN=C(C)C2=C(O)CC(C)(C)CC2=O)NC(=O)[C@H](NC(=O)CCCC(=O)ON2C(=O)CCC2=O)C(C)C)cc1)C(C)C. The third-order valence-corrected chi connectivity index (χ3v) is 20.0. The number of aliphatic hydroxyl groups is 2. The van der Waals surface area contributed by atoms with Crippen molar-refractivity contribution in [1.82, 2.24) is 41.0 Å². The summed E-state index contributed by atoms with van der Waals surface area (Å²) in [6, 6.07) is 9.26. The van der Waals surface area contributed by atoms with E-state index >= 15 is 0 Å². The van der Waals surface area contributed by atoms with Gasteiger partial charge in [0.15, 0.2) is 5.78 Å². The summed E-state index contributed by atoms with van der Waals surface area (Å²) in [6.45, 7) is 23.8. The van der Waals surface area contributed by atoms with E-state index in [1.165, 1.54) is 26.2 Å². The number of hydrogen-bond acceptors (Lipinski definition) is 19. The van der Waals surface area contributed by atoms with Gasteiger partial charge in [0.05, 0.1) is 54.3 Å². The molecule has 2 aromatic carbocycles. The third kappa shape index (κ3) is 24.7. The molecule has 2 aromatic rings. The highest BCUT2D eigenvalue weighted by Crippen LogP contribution is 2.37. The first kappa shape index (κ1) is 87.0. The number of hydroxylamine groups is 2. The molecule has 0 saturated carbocycles. The van der Waals surface area contributed by atoms with Crippen molar-refractivity contribution in [3.8, 4) is 0 Å². The summed E-state index contributed by atoms with van der Waals surface area (Å²) in [6.07, 6.45) is -0.683. The minimum atomic E-state index is -1.15. The Hall–Kier alpha value is -8.63. The van der Waals surface area contributed by atoms with Gasteiger partial charge in [-0.15, -0.1) is 5.06 Å². The van der Waals surface area contributed by atoms with Crippen LogP contribution < -0.4 is 26.6 Å². The van der Waals surface area contributed by atoms with Gasteiger partial charge in [-0.25, -0.2) is 9.59 Å². The Morgan fingerprint density at radius 2 is 1.36 bits per heavy atom. The maximum absolute atomic E-state index is 14.9. The van der Waals surface area contributed by atoms with Crippen molar-refractivity contribution in [1.29, 1.82) is 0 Å². The molecular formula is C77H116N10O18. The Balaban J connectivity index is 1.22. The second-order valence-corrected chi connectivity index (χ2v) is 30.0. The van der Waals surface area contributed by atoms with Crippen LogP contribution in [0.25, 0.3) is 0 Å². The van der Waals surface area contributed by atoms with Crippen LogP contribution in [0.5, 0.6) is 0 Å². The molecule has 0 aromatic heterocycles. The number of ketones is 1. The van der Waals surface area contributed by atoms with Crippen LogP contribution in [0.3, 0.4) is 0 Å². The van der Waals surface area contributed by atoms with Gasteiger partial charge in [0.1, 0.15) is 36.5 Å². The molecule has 582 valence electrons. The number of hydrogen-bond donors (Lipinski definition) is 7. The number of methoxy groups -OCH3 is 2. The van der Waals surface area contributed by atoms with Crippen LogP contribution >= 0.6 is 0 Å². The van der Waals surface area contributed by atoms with Gasteiger partial charge in [-0.2, -0.15) is 0 Å². The van der Waals surface area contributed by atoms with E-state index in [2.05, 4.69) is 31.6 Å². The number of nitrogens with zero attached hydrogens (tertiary/aromatic N) is 5. The smallest absolute Gasteiger partial charge is 0.410 e. The molecule has 3 aliphatic rings. The lowest BCUT2D eigenvalue weighted by Gasteiger charge is -2.41. The van der Waals surface area contributed by atoms with Crippen molar-refractivity contribution in [2.45, 2.75) is 247 Å². The quantitative estimate of drug-likeness (QED) is 0.0191. The molecule has 0 unspecified atom stereocenters. The number of benzene rings is 2. The van der Waals surface area contributed by atoms with Crippen LogP contribution in [0.2, 0.25) is 0 Å². The predicted molar refractivity (Wildman–Crippen MR) is 393 cm³/mol. The molecular weight excluding hydrogens is 1350 g/mol. The van der Waals surface area contributed by atoms with Crippen LogP contribution in [0.1, 0.15) is 197 Å². The molecule has 105 heavy (non-hydrogen) atoms. The van der Waals surface area contributed by atoms with Crippen LogP contribution in [-0.4, -0.2) is 203 Å². The van der Waals surface area contributed by atoms with Crippen molar-refractivity contribution in [3.05, 3.63) is 77.1 Å². The Bertz CT molecular complexity index is 3400. The van der Waals surface area contributed by atoms with Crippen molar-refractivity contribution in [2.75, 3.05) is 46.7 Å². The van der Waals surface area contributed by atoms with E-state index in [-0.39, 0.29) is 105 Å². The predicted octanol–water partition coefficient (Wildman–Crippen LogP) is 7.75. The first-order valence-corrected chi connectivity index (χ1v) is 36.8. The Labute approximate surface area is 618 Å². The second kappa shape index (κ2) is 40.7. The van der Waals surface area contributed by atoms with Crippen LogP contribution in [-0.2, 0) is 78.4 Å². The average Bonchev–Trinajstić information content (AvgIpc) is 1.66. The molecule has 0 bridgehead atoms. The first-order chi connectivity index (χ1) is 49.5. The van der Waals surface area contributed by atoms with Gasteiger partial charge in [0, 0.05) is 91.3 Å². The lowest BCUT2D eigenvalue weighted by atomic mass is 9.76. The number of amides is 10. The highest BCUT2D eigenvalue weighted by Gasteiger charge is 2.45. The zero-order valence-electron chi connectivity index (χ0n) is 64.5. The molecule has 1 aliphatic carbocycles. The molecule has 28 heteroatoms. The maximum Gasteiger partial charge on any atom is 0.410 e. The van der Waals surface area contributed by atoms with Gasteiger partial charge < -0.3 is 65.6 Å². The van der Waals surface area contributed by atoms with Gasteiger partial charge in [-0.1, -0.05) is 125 Å². The molecule has 0 radical (unpaired) electrons. The Morgan fingerprint density at radius 1 is 0.724 bits per heavy atom. The minimum absolute atomic E-state index is 0.00934. The summed E-state index contributed by atoms with van der Waals surface area (Å²) in [5.74, 6) is -8.09. The number of aliphatic imine (C=N–C) groups is 1. The highest BCUT2D eigenvalue weighted by molar-refractivity contribution is 6.22. The number of carbonyl (C=O) groups is 12. The number of rotatable bonds is 39. The minimum Gasteiger partial charge on any atom is -0.511 e. The van der Waals surface area contributed by atoms with E-state index in [0.29, 0.717) is 72.7 Å². The van der Waals surface area contributed by atoms with Crippen molar-refractivity contribution >= 4 is 82.4 Å². The number of unbranched alkanes of at least 4 members (excludes halogenated alkanes) is 1. The van der Waals surface area contributed by atoms with Crippen molar-refractivity contribution in [3.63, 3.8) is 0 Å². The average molecular weight is 1470 g/mol. The fraction of sp³-hybridized carbons (Fsp3) is 0.649. The molecule has 2 saturated heterocycles. The second-order valence-electron chi connectivity index (χ2n) is 30.0. The number of likely N-dealkylation sites (tertiary alicyclic amines) is 1. The molecule has 2 fully saturated rings. The Kier molecular flexibility index (Phi) is 33.8. The molecule has 5 rings (SSSR count). The van der Waals surface area contributed by atoms with Gasteiger partial charge >= 0.3 is 12.1 Å². The van der Waals surface area contributed by atoms with E-state index < -0.39 is 138 Å².